The van der Waals surface area contributed by atoms with Gasteiger partial charge in [-0.25, -0.2) is 0 Å². The Hall–Kier alpha value is -7.96. The summed E-state index contributed by atoms with van der Waals surface area (Å²) in [6.45, 7) is 4.22. The van der Waals surface area contributed by atoms with Crippen LogP contribution in [0.25, 0.3) is 21.9 Å². The van der Waals surface area contributed by atoms with Crippen molar-refractivity contribution in [3.63, 3.8) is 0 Å². The van der Waals surface area contributed by atoms with E-state index in [1.807, 2.05) is 12.1 Å². The number of para-hydroxylation sites is 4. The Morgan fingerprint density at radius 2 is 1.00 bits per heavy atom. The summed E-state index contributed by atoms with van der Waals surface area (Å²) < 4.78 is 13.4. The predicted molar refractivity (Wildman–Crippen MR) is 258 cm³/mol. The summed E-state index contributed by atoms with van der Waals surface area (Å²) >= 11 is 0. The van der Waals surface area contributed by atoms with Crippen molar-refractivity contribution >= 4 is 96.2 Å². The van der Waals surface area contributed by atoms with Crippen molar-refractivity contribution in [3.05, 3.63) is 217 Å². The molecule has 2 aliphatic heterocycles. The average Bonchev–Trinajstić information content (AvgIpc) is 3.70. The van der Waals surface area contributed by atoms with Crippen LogP contribution in [0.4, 0.5) is 51.2 Å². The topological polar surface area (TPSA) is 32.1 Å². The van der Waals surface area contributed by atoms with E-state index < -0.39 is 0 Å². The number of anilines is 9. The van der Waals surface area contributed by atoms with Crippen LogP contribution in [0, 0.1) is 13.8 Å². The Morgan fingerprint density at radius 1 is 0.435 bits per heavy atom. The maximum atomic E-state index is 7.15. The Morgan fingerprint density at radius 3 is 1.74 bits per heavy atom. The Balaban J connectivity index is 1.05. The SMILES string of the molecule is Cc1ccc(N(c2ccc3c(c2)Oc2c(C)ccc4c2B3c2ccc(N(c3ccccc3)c3ccccc3)cc2N4c2ccccc2)c2ccc3oc4ccccc4c3c2)cc1. The summed E-state index contributed by atoms with van der Waals surface area (Å²) in [5.74, 6) is 1.77. The molecule has 3 heterocycles. The predicted octanol–water partition coefficient (Wildman–Crippen LogP) is 13.5. The molecule has 0 unspecified atom stereocenters. The van der Waals surface area contributed by atoms with Gasteiger partial charge in [-0.15, -0.1) is 0 Å². The van der Waals surface area contributed by atoms with Crippen molar-refractivity contribution in [2.45, 2.75) is 13.8 Å². The molecule has 0 radical (unpaired) electrons. The highest BCUT2D eigenvalue weighted by molar-refractivity contribution is 6.99. The summed E-state index contributed by atoms with van der Waals surface area (Å²) in [6, 6.07) is 73.6. The van der Waals surface area contributed by atoms with Gasteiger partial charge in [-0.3, -0.25) is 0 Å². The van der Waals surface area contributed by atoms with Gasteiger partial charge in [0.15, 0.2) is 0 Å². The van der Waals surface area contributed by atoms with Crippen LogP contribution >= 0.6 is 0 Å². The molecular formula is C56H40BN3O2. The van der Waals surface area contributed by atoms with Crippen molar-refractivity contribution in [2.75, 3.05) is 14.7 Å². The van der Waals surface area contributed by atoms with E-state index in [-0.39, 0.29) is 6.71 Å². The second-order valence-corrected chi connectivity index (χ2v) is 16.3. The molecule has 1 aromatic heterocycles. The summed E-state index contributed by atoms with van der Waals surface area (Å²) in [4.78, 5) is 7.08. The number of nitrogens with zero attached hydrogens (tertiary/aromatic N) is 3. The van der Waals surface area contributed by atoms with Crippen LogP contribution in [0.15, 0.2) is 211 Å². The lowest BCUT2D eigenvalue weighted by atomic mass is 9.34. The third-order valence-corrected chi connectivity index (χ3v) is 12.5. The fraction of sp³-hybridized carbons (Fsp3) is 0.0357. The smallest absolute Gasteiger partial charge is 0.256 e. The number of hydrogen-bond donors (Lipinski definition) is 0. The molecule has 0 fully saturated rings. The molecule has 294 valence electrons. The van der Waals surface area contributed by atoms with Crippen LogP contribution in [-0.4, -0.2) is 6.71 Å². The first-order valence-electron chi connectivity index (χ1n) is 21.2. The van der Waals surface area contributed by atoms with E-state index in [4.69, 9.17) is 9.15 Å². The number of aryl methyl sites for hydroxylation is 2. The minimum atomic E-state index is -0.0647. The molecule has 0 amide bonds. The monoisotopic (exact) mass is 797 g/mol. The molecule has 0 saturated heterocycles. The van der Waals surface area contributed by atoms with Crippen molar-refractivity contribution in [1.82, 2.24) is 0 Å². The second kappa shape index (κ2) is 14.4. The van der Waals surface area contributed by atoms with Gasteiger partial charge in [-0.1, -0.05) is 109 Å². The summed E-state index contributed by atoms with van der Waals surface area (Å²) in [5, 5.41) is 2.19. The second-order valence-electron chi connectivity index (χ2n) is 16.3. The molecule has 6 heteroatoms. The minimum absolute atomic E-state index is 0.0647. The normalized spacial score (nSPS) is 12.4. The molecule has 5 nitrogen and oxygen atoms in total. The van der Waals surface area contributed by atoms with Gasteiger partial charge >= 0.3 is 0 Å². The van der Waals surface area contributed by atoms with E-state index in [1.165, 1.54) is 16.5 Å². The molecule has 12 rings (SSSR count). The van der Waals surface area contributed by atoms with Gasteiger partial charge in [0, 0.05) is 68.0 Å². The molecule has 10 aromatic rings. The molecule has 9 aromatic carbocycles. The third kappa shape index (κ3) is 5.79. The fourth-order valence-corrected chi connectivity index (χ4v) is 9.57. The zero-order valence-electron chi connectivity index (χ0n) is 34.4. The molecule has 0 N–H and O–H groups in total. The molecule has 0 atom stereocenters. The van der Waals surface area contributed by atoms with Gasteiger partial charge in [0.1, 0.15) is 22.7 Å². The minimum Gasteiger partial charge on any atom is -0.458 e. The summed E-state index contributed by atoms with van der Waals surface area (Å²) in [7, 11) is 0. The molecule has 2 aliphatic rings. The number of ether oxygens (including phenoxy) is 1. The Bertz CT molecular complexity index is 3270. The zero-order valence-corrected chi connectivity index (χ0v) is 34.4. The van der Waals surface area contributed by atoms with Crippen LogP contribution in [0.5, 0.6) is 11.5 Å². The molecule has 0 saturated carbocycles. The number of furan rings is 1. The lowest BCUT2D eigenvalue weighted by Crippen LogP contribution is -2.59. The maximum absolute atomic E-state index is 7.15. The van der Waals surface area contributed by atoms with Crippen molar-refractivity contribution in [2.24, 2.45) is 0 Å². The summed E-state index contributed by atoms with van der Waals surface area (Å²) in [6.07, 6.45) is 0. The van der Waals surface area contributed by atoms with E-state index in [1.54, 1.807) is 0 Å². The number of hydrogen-bond acceptors (Lipinski definition) is 5. The standard InChI is InChI=1S/C56H40BN3O2/c1-37-22-25-42(26-23-37)59(43-29-33-53-47(34-43)46-20-12-13-21-52(46)61-53)45-28-31-49-54(36-45)62-56-38(2)24-32-50-55(56)57(49)48-30-27-44(35-51(48)60(50)41-18-10-5-11-19-41)58(39-14-6-3-7-15-39)40-16-8-4-9-17-40/h3-36H,1-2H3. The fourth-order valence-electron chi connectivity index (χ4n) is 9.57. The lowest BCUT2D eigenvalue weighted by Gasteiger charge is -2.41. The highest BCUT2D eigenvalue weighted by Gasteiger charge is 2.43. The molecule has 0 bridgehead atoms. The van der Waals surface area contributed by atoms with Crippen LogP contribution < -0.4 is 35.8 Å². The molecule has 62 heavy (non-hydrogen) atoms. The quantitative estimate of drug-likeness (QED) is 0.150. The highest BCUT2D eigenvalue weighted by atomic mass is 16.5. The van der Waals surface area contributed by atoms with E-state index in [9.17, 15) is 0 Å². The van der Waals surface area contributed by atoms with Crippen LogP contribution in [-0.2, 0) is 0 Å². The van der Waals surface area contributed by atoms with Gasteiger partial charge in [-0.2, -0.15) is 0 Å². The third-order valence-electron chi connectivity index (χ3n) is 12.5. The van der Waals surface area contributed by atoms with Crippen molar-refractivity contribution in [3.8, 4) is 11.5 Å². The zero-order chi connectivity index (χ0) is 41.3. The van der Waals surface area contributed by atoms with E-state index in [0.29, 0.717) is 0 Å². The van der Waals surface area contributed by atoms with E-state index >= 15 is 0 Å². The van der Waals surface area contributed by atoms with Crippen LogP contribution in [0.2, 0.25) is 0 Å². The van der Waals surface area contributed by atoms with Crippen molar-refractivity contribution in [1.29, 1.82) is 0 Å². The first-order chi connectivity index (χ1) is 30.6. The van der Waals surface area contributed by atoms with Crippen LogP contribution in [0.1, 0.15) is 11.1 Å². The largest absolute Gasteiger partial charge is 0.458 e. The van der Waals surface area contributed by atoms with Gasteiger partial charge < -0.3 is 23.9 Å². The van der Waals surface area contributed by atoms with Gasteiger partial charge in [-0.05, 0) is 133 Å². The van der Waals surface area contributed by atoms with Crippen LogP contribution in [0.3, 0.4) is 0 Å². The van der Waals surface area contributed by atoms with E-state index in [2.05, 4.69) is 223 Å². The molecular weight excluding hydrogens is 757 g/mol. The van der Waals surface area contributed by atoms with Gasteiger partial charge in [0.2, 0.25) is 0 Å². The maximum Gasteiger partial charge on any atom is 0.256 e. The number of benzene rings is 9. The average molecular weight is 798 g/mol. The van der Waals surface area contributed by atoms with Gasteiger partial charge in [0.25, 0.3) is 6.71 Å². The Labute approximate surface area is 361 Å². The van der Waals surface area contributed by atoms with Gasteiger partial charge in [0.05, 0.1) is 0 Å². The number of fused-ring (bicyclic) bond motifs is 7. The first-order valence-corrected chi connectivity index (χ1v) is 21.2. The highest BCUT2D eigenvalue weighted by Crippen LogP contribution is 2.46. The van der Waals surface area contributed by atoms with Crippen molar-refractivity contribution < 1.29 is 9.15 Å². The Kier molecular flexibility index (Phi) is 8.32. The lowest BCUT2D eigenvalue weighted by molar-refractivity contribution is 0.484. The van der Waals surface area contributed by atoms with E-state index in [0.717, 1.165) is 95.7 Å². The molecule has 0 aliphatic carbocycles. The number of rotatable bonds is 7. The first kappa shape index (κ1) is 35.9. The molecule has 0 spiro atoms. The summed E-state index contributed by atoms with van der Waals surface area (Å²) in [5.41, 5.74) is 17.4.